The number of hydrogen-bond donors (Lipinski definition) is 1. The Morgan fingerprint density at radius 2 is 1.82 bits per heavy atom. The molecule has 0 radical (unpaired) electrons. The van der Waals surface area contributed by atoms with E-state index < -0.39 is 16.0 Å². The molecule has 0 saturated carbocycles. The molecule has 1 aliphatic rings. The number of benzene rings is 2. The molecule has 0 spiro atoms. The van der Waals surface area contributed by atoms with Gasteiger partial charge in [0.2, 0.25) is 5.13 Å². The molecule has 1 aromatic heterocycles. The molecule has 174 valence electrons. The van der Waals surface area contributed by atoms with Gasteiger partial charge in [-0.2, -0.15) is 0 Å². The fraction of sp³-hybridized carbons (Fsp3) is 0.348. The van der Waals surface area contributed by atoms with Crippen molar-refractivity contribution in [3.05, 3.63) is 60.2 Å². The highest BCUT2D eigenvalue weighted by molar-refractivity contribution is 7.93. The van der Waals surface area contributed by atoms with Gasteiger partial charge in [0.1, 0.15) is 5.01 Å². The number of likely N-dealkylation sites (tertiary alicyclic amines) is 1. The summed E-state index contributed by atoms with van der Waals surface area (Å²) >= 11 is 1.25. The Balaban J connectivity index is 1.50. The number of unbranched alkanes of at least 4 members (excludes halogenated alkanes) is 1. The normalized spacial score (nSPS) is 14.7. The van der Waals surface area contributed by atoms with Crippen LogP contribution in [0.3, 0.4) is 0 Å². The van der Waals surface area contributed by atoms with Gasteiger partial charge < -0.3 is 5.11 Å². The van der Waals surface area contributed by atoms with Crippen LogP contribution >= 0.6 is 11.3 Å². The van der Waals surface area contributed by atoms with Crippen LogP contribution in [0.1, 0.15) is 25.3 Å². The van der Waals surface area contributed by atoms with Crippen molar-refractivity contribution in [3.63, 3.8) is 0 Å². The maximum absolute atomic E-state index is 13.3. The Labute approximate surface area is 197 Å². The second-order valence-corrected chi connectivity index (χ2v) is 10.9. The third kappa shape index (κ3) is 5.23. The summed E-state index contributed by atoms with van der Waals surface area (Å²) in [6.07, 6.45) is 1.58. The molecular weight excluding hydrogens is 460 g/mol. The van der Waals surface area contributed by atoms with Gasteiger partial charge in [-0.05, 0) is 24.1 Å². The van der Waals surface area contributed by atoms with Crippen molar-refractivity contribution < 1.29 is 18.3 Å². The molecule has 0 atom stereocenters. The molecular formula is C23H26N4O4S2. The smallest absolute Gasteiger partial charge is 0.309 e. The lowest BCUT2D eigenvalue weighted by Crippen LogP contribution is -2.49. The zero-order valence-electron chi connectivity index (χ0n) is 18.3. The zero-order valence-corrected chi connectivity index (χ0v) is 19.9. The number of carboxylic acids is 1. The van der Waals surface area contributed by atoms with Crippen molar-refractivity contribution in [3.8, 4) is 10.6 Å². The van der Waals surface area contributed by atoms with Gasteiger partial charge in [-0.15, -0.1) is 10.2 Å². The average Bonchev–Trinajstić information content (AvgIpc) is 3.26. The number of carboxylic acid groups (broad SMARTS) is 1. The van der Waals surface area contributed by atoms with Crippen LogP contribution in [0.25, 0.3) is 10.6 Å². The van der Waals surface area contributed by atoms with Gasteiger partial charge in [0, 0.05) is 31.7 Å². The van der Waals surface area contributed by atoms with Gasteiger partial charge >= 0.3 is 5.97 Å². The van der Waals surface area contributed by atoms with E-state index in [0.29, 0.717) is 36.3 Å². The number of aromatic nitrogens is 2. The molecule has 4 rings (SSSR count). The first kappa shape index (κ1) is 23.3. The van der Waals surface area contributed by atoms with E-state index in [0.717, 1.165) is 24.0 Å². The molecule has 10 heteroatoms. The van der Waals surface area contributed by atoms with Crippen molar-refractivity contribution >= 4 is 32.5 Å². The summed E-state index contributed by atoms with van der Waals surface area (Å²) in [4.78, 5) is 13.3. The number of rotatable bonds is 10. The molecule has 33 heavy (non-hydrogen) atoms. The van der Waals surface area contributed by atoms with Crippen molar-refractivity contribution in [2.45, 2.75) is 31.2 Å². The van der Waals surface area contributed by atoms with E-state index in [4.69, 9.17) is 5.11 Å². The van der Waals surface area contributed by atoms with Crippen LogP contribution in [0.4, 0.5) is 5.13 Å². The molecule has 0 amide bonds. The Kier molecular flexibility index (Phi) is 7.06. The fourth-order valence-electron chi connectivity index (χ4n) is 3.64. The molecule has 0 unspecified atom stereocenters. The first-order valence-electron chi connectivity index (χ1n) is 10.8. The van der Waals surface area contributed by atoms with Crippen LogP contribution in [0.5, 0.6) is 0 Å². The Morgan fingerprint density at radius 1 is 1.12 bits per heavy atom. The summed E-state index contributed by atoms with van der Waals surface area (Å²) in [7, 11) is -3.73. The average molecular weight is 487 g/mol. The summed E-state index contributed by atoms with van der Waals surface area (Å²) < 4.78 is 27.9. The van der Waals surface area contributed by atoms with Gasteiger partial charge in [0.05, 0.1) is 10.8 Å². The van der Waals surface area contributed by atoms with E-state index in [1.54, 1.807) is 30.3 Å². The van der Waals surface area contributed by atoms with E-state index in [1.807, 2.05) is 31.2 Å². The fourth-order valence-corrected chi connectivity index (χ4v) is 6.20. The highest BCUT2D eigenvalue weighted by atomic mass is 32.2. The summed E-state index contributed by atoms with van der Waals surface area (Å²) in [5.74, 6) is -1.01. The van der Waals surface area contributed by atoms with Gasteiger partial charge in [-0.1, -0.05) is 67.1 Å². The second kappa shape index (κ2) is 9.98. The molecule has 1 aliphatic heterocycles. The first-order valence-corrected chi connectivity index (χ1v) is 13.1. The molecule has 2 aromatic carbocycles. The Hall–Kier alpha value is -2.82. The summed E-state index contributed by atoms with van der Waals surface area (Å²) in [5.41, 5.74) is 1.95. The number of hydrogen-bond acceptors (Lipinski definition) is 7. The topological polar surface area (TPSA) is 104 Å². The number of anilines is 1. The highest BCUT2D eigenvalue weighted by Crippen LogP contribution is 2.32. The third-order valence-corrected chi connectivity index (χ3v) is 8.50. The van der Waals surface area contributed by atoms with Crippen molar-refractivity contribution in [2.75, 3.05) is 23.9 Å². The predicted molar refractivity (Wildman–Crippen MR) is 128 cm³/mol. The number of carbonyl (C=O) groups is 1. The van der Waals surface area contributed by atoms with E-state index >= 15 is 0 Å². The number of nitrogens with zero attached hydrogens (tertiary/aromatic N) is 4. The van der Waals surface area contributed by atoms with Gasteiger partial charge in [0.15, 0.2) is 0 Å². The third-order valence-electron chi connectivity index (χ3n) is 5.59. The predicted octanol–water partition coefficient (Wildman–Crippen LogP) is 3.72. The quantitative estimate of drug-likeness (QED) is 0.466. The summed E-state index contributed by atoms with van der Waals surface area (Å²) in [6, 6.07) is 16.2. The van der Waals surface area contributed by atoms with Crippen molar-refractivity contribution in [1.82, 2.24) is 15.1 Å². The molecule has 8 nitrogen and oxygen atoms in total. The van der Waals surface area contributed by atoms with E-state index in [1.165, 1.54) is 15.6 Å². The largest absolute Gasteiger partial charge is 0.481 e. The van der Waals surface area contributed by atoms with E-state index in [2.05, 4.69) is 15.1 Å². The minimum Gasteiger partial charge on any atom is -0.481 e. The maximum atomic E-state index is 13.3. The summed E-state index contributed by atoms with van der Waals surface area (Å²) in [6.45, 7) is 4.20. The molecule has 0 aliphatic carbocycles. The van der Waals surface area contributed by atoms with Crippen LogP contribution in [-0.4, -0.2) is 54.2 Å². The number of aliphatic carboxylic acids is 1. The molecule has 2 heterocycles. The Morgan fingerprint density at radius 3 is 2.45 bits per heavy atom. The van der Waals surface area contributed by atoms with E-state index in [9.17, 15) is 13.2 Å². The molecule has 1 N–H and O–H groups in total. The van der Waals surface area contributed by atoms with Gasteiger partial charge in [-0.25, -0.2) is 12.7 Å². The monoisotopic (exact) mass is 486 g/mol. The van der Waals surface area contributed by atoms with Crippen LogP contribution in [-0.2, 0) is 21.4 Å². The van der Waals surface area contributed by atoms with Crippen LogP contribution < -0.4 is 4.31 Å². The lowest BCUT2D eigenvalue weighted by Gasteiger charge is -2.36. The van der Waals surface area contributed by atoms with Crippen molar-refractivity contribution in [1.29, 1.82) is 0 Å². The standard InChI is InChI=1S/C23H26N4O4S2/c1-2-3-13-27(33(30,31)20-7-5-4-6-8-20)23-25-24-21(32-23)18-11-9-17(10-12-18)14-26-15-19(16-26)22(28)29/h4-12,19H,2-3,13-16H2,1H3,(H,28,29). The highest BCUT2D eigenvalue weighted by Gasteiger charge is 2.32. The lowest BCUT2D eigenvalue weighted by atomic mass is 9.99. The Bertz CT molecular complexity index is 1190. The second-order valence-electron chi connectivity index (χ2n) is 8.06. The molecule has 0 bridgehead atoms. The van der Waals surface area contributed by atoms with Crippen LogP contribution in [0.2, 0.25) is 0 Å². The maximum Gasteiger partial charge on any atom is 0.309 e. The van der Waals surface area contributed by atoms with E-state index in [-0.39, 0.29) is 10.8 Å². The lowest BCUT2D eigenvalue weighted by molar-refractivity contribution is -0.147. The minimum atomic E-state index is -3.73. The van der Waals surface area contributed by atoms with Crippen LogP contribution in [0.15, 0.2) is 59.5 Å². The van der Waals surface area contributed by atoms with Gasteiger partial charge in [0.25, 0.3) is 10.0 Å². The zero-order chi connectivity index (χ0) is 23.4. The SMILES string of the molecule is CCCCN(c1nnc(-c2ccc(CN3CC(C(=O)O)C3)cc2)s1)S(=O)(=O)c1ccccc1. The summed E-state index contributed by atoms with van der Waals surface area (Å²) in [5, 5.41) is 18.5. The molecule has 1 fully saturated rings. The van der Waals surface area contributed by atoms with Crippen LogP contribution in [0, 0.1) is 5.92 Å². The molecule has 1 saturated heterocycles. The van der Waals surface area contributed by atoms with Gasteiger partial charge in [-0.3, -0.25) is 9.69 Å². The number of sulfonamides is 1. The minimum absolute atomic E-state index is 0.235. The molecule has 3 aromatic rings. The van der Waals surface area contributed by atoms with Crippen molar-refractivity contribution in [2.24, 2.45) is 5.92 Å². The first-order chi connectivity index (χ1) is 15.9.